The van der Waals surface area contributed by atoms with E-state index in [1.807, 2.05) is 115 Å². The highest BCUT2D eigenvalue weighted by Gasteiger charge is 2.57. The third-order valence-corrected chi connectivity index (χ3v) is 17.1. The lowest BCUT2D eigenvalue weighted by Crippen LogP contribution is -2.49. The number of ether oxygens (including phenoxy) is 1. The molecule has 0 aromatic heterocycles. The van der Waals surface area contributed by atoms with E-state index in [1.54, 1.807) is 0 Å². The zero-order chi connectivity index (χ0) is 63.1. The number of carbonyl (C=O) groups excluding carboxylic acids is 1. The number of phenolic OH excluding ortho intramolecular Hbond substituents is 4. The second kappa shape index (κ2) is 21.9. The number of hydrogen-bond acceptors (Lipinski definition) is 6. The van der Waals surface area contributed by atoms with Gasteiger partial charge in [-0.1, -0.05) is 306 Å². The molecule has 0 unspecified atom stereocenters. The molecule has 7 aromatic rings. The second-order valence-corrected chi connectivity index (χ2v) is 32.2. The first-order valence-electron chi connectivity index (χ1n) is 30.2. The fourth-order valence-corrected chi connectivity index (χ4v) is 12.4. The third kappa shape index (κ3) is 12.2. The Kier molecular flexibility index (Phi) is 16.9. The van der Waals surface area contributed by atoms with Crippen LogP contribution in [0.1, 0.15) is 256 Å². The summed E-state index contributed by atoms with van der Waals surface area (Å²) in [6.45, 7) is 50.4. The standard InChI is InChI=1S/C78H100O6/c1-69(2,3)55-40-48(41-56(64(55)79)70(4,5)6)63(49-42-57(71(7,8)9)65(80)58(43-49)72(10,11)12)77(53-44-59(73(13,14)15)66(81)60(45-53)74(16,17)18,54-46-61(75(19,20)21)67(82)62(47-54)76(22,23)24)68(83)84-78(50-34-28-25-29-35-50,51-36-30-26-31-37-51)52-38-32-27-33-39-52/h25-47,63,79-82H,1-24H3. The zero-order valence-corrected chi connectivity index (χ0v) is 55.5. The first-order chi connectivity index (χ1) is 38.3. The lowest BCUT2D eigenvalue weighted by molar-refractivity contribution is -0.159. The van der Waals surface area contributed by atoms with Crippen molar-refractivity contribution in [3.8, 4) is 23.0 Å². The van der Waals surface area contributed by atoms with Crippen LogP contribution >= 0.6 is 0 Å². The molecule has 84 heavy (non-hydrogen) atoms. The van der Waals surface area contributed by atoms with Crippen molar-refractivity contribution >= 4 is 5.97 Å². The molecule has 7 rings (SSSR count). The number of aromatic hydroxyl groups is 4. The van der Waals surface area contributed by atoms with Crippen LogP contribution in [0.4, 0.5) is 0 Å². The Morgan fingerprint density at radius 1 is 0.298 bits per heavy atom. The Morgan fingerprint density at radius 3 is 0.679 bits per heavy atom. The van der Waals surface area contributed by atoms with Gasteiger partial charge in [-0.3, -0.25) is 4.79 Å². The number of esters is 1. The smallest absolute Gasteiger partial charge is 0.323 e. The largest absolute Gasteiger partial charge is 0.507 e. The number of hydrogen-bond donors (Lipinski definition) is 4. The molecule has 0 bridgehead atoms. The Hall–Kier alpha value is -6.79. The molecule has 0 saturated carbocycles. The summed E-state index contributed by atoms with van der Waals surface area (Å²) in [5, 5.41) is 51.6. The number of phenols is 4. The van der Waals surface area contributed by atoms with Gasteiger partial charge in [0.2, 0.25) is 0 Å². The molecular weight excluding hydrogens is 1030 g/mol. The maximum atomic E-state index is 18.8. The molecule has 0 spiro atoms. The molecule has 0 radical (unpaired) electrons. The van der Waals surface area contributed by atoms with Gasteiger partial charge in [-0.15, -0.1) is 0 Å². The summed E-state index contributed by atoms with van der Waals surface area (Å²) in [6.07, 6.45) is 0. The summed E-state index contributed by atoms with van der Waals surface area (Å²) in [5.41, 5.74) is 1.29. The molecule has 7 aromatic carbocycles. The van der Waals surface area contributed by atoms with E-state index in [9.17, 15) is 20.4 Å². The van der Waals surface area contributed by atoms with Crippen LogP contribution in [0.25, 0.3) is 0 Å². The van der Waals surface area contributed by atoms with Gasteiger partial charge in [0.1, 0.15) is 28.4 Å². The molecule has 0 aliphatic heterocycles. The van der Waals surface area contributed by atoms with Gasteiger partial charge in [0, 0.05) is 22.6 Å². The average molecular weight is 1130 g/mol. The zero-order valence-electron chi connectivity index (χ0n) is 55.5. The van der Waals surface area contributed by atoms with E-state index in [0.29, 0.717) is 55.6 Å². The van der Waals surface area contributed by atoms with E-state index in [4.69, 9.17) is 4.74 Å². The van der Waals surface area contributed by atoms with E-state index >= 15 is 4.79 Å². The summed E-state index contributed by atoms with van der Waals surface area (Å²) in [4.78, 5) is 18.8. The second-order valence-electron chi connectivity index (χ2n) is 32.2. The van der Waals surface area contributed by atoms with Gasteiger partial charge in [0.15, 0.2) is 5.60 Å². The van der Waals surface area contributed by atoms with Crippen LogP contribution in [0.3, 0.4) is 0 Å². The van der Waals surface area contributed by atoms with Gasteiger partial charge >= 0.3 is 5.97 Å². The minimum absolute atomic E-state index is 0.144. The first kappa shape index (κ1) is 64.8. The van der Waals surface area contributed by atoms with Gasteiger partial charge in [-0.2, -0.15) is 0 Å². The van der Waals surface area contributed by atoms with Crippen molar-refractivity contribution in [2.24, 2.45) is 0 Å². The number of carbonyl (C=O) groups is 1. The van der Waals surface area contributed by atoms with Crippen molar-refractivity contribution in [1.82, 2.24) is 0 Å². The molecular formula is C78H100O6. The van der Waals surface area contributed by atoms with E-state index in [1.165, 1.54) is 0 Å². The average Bonchev–Trinajstić information content (AvgIpc) is 2.22. The van der Waals surface area contributed by atoms with Crippen LogP contribution in [-0.2, 0) is 63.9 Å². The summed E-state index contributed by atoms with van der Waals surface area (Å²) in [7, 11) is 0. The molecule has 448 valence electrons. The Balaban J connectivity index is 2.00. The van der Waals surface area contributed by atoms with Gasteiger partial charge in [-0.25, -0.2) is 0 Å². The molecule has 4 N–H and O–H groups in total. The van der Waals surface area contributed by atoms with Gasteiger partial charge < -0.3 is 25.2 Å². The minimum Gasteiger partial charge on any atom is -0.507 e. The van der Waals surface area contributed by atoms with Gasteiger partial charge in [0.25, 0.3) is 0 Å². The van der Waals surface area contributed by atoms with E-state index in [0.717, 1.165) is 27.8 Å². The monoisotopic (exact) mass is 1130 g/mol. The minimum atomic E-state index is -2.01. The normalized spacial score (nSPS) is 13.6. The van der Waals surface area contributed by atoms with Crippen molar-refractivity contribution in [2.45, 2.75) is 226 Å². The van der Waals surface area contributed by atoms with Crippen LogP contribution in [0, 0.1) is 0 Å². The lowest BCUT2D eigenvalue weighted by atomic mass is 9.57. The predicted octanol–water partition coefficient (Wildman–Crippen LogP) is 19.5. The maximum absolute atomic E-state index is 18.8. The Bertz CT molecular complexity index is 3130. The highest BCUT2D eigenvalue weighted by molar-refractivity contribution is 5.92. The van der Waals surface area contributed by atoms with Crippen LogP contribution in [0.5, 0.6) is 23.0 Å². The van der Waals surface area contributed by atoms with Crippen molar-refractivity contribution in [3.63, 3.8) is 0 Å². The summed E-state index contributed by atoms with van der Waals surface area (Å²) < 4.78 is 8.13. The predicted molar refractivity (Wildman–Crippen MR) is 350 cm³/mol. The Labute approximate surface area is 505 Å². The van der Waals surface area contributed by atoms with E-state index in [2.05, 4.69) is 190 Å². The summed E-state index contributed by atoms with van der Waals surface area (Å²) >= 11 is 0. The molecule has 0 aliphatic rings. The number of benzene rings is 7. The summed E-state index contributed by atoms with van der Waals surface area (Å²) in [6, 6.07) is 46.5. The molecule has 0 fully saturated rings. The topological polar surface area (TPSA) is 107 Å². The third-order valence-electron chi connectivity index (χ3n) is 17.1. The number of rotatable bonds is 10. The van der Waals surface area contributed by atoms with Crippen molar-refractivity contribution in [3.05, 3.63) is 223 Å². The van der Waals surface area contributed by atoms with Crippen LogP contribution in [0.2, 0.25) is 0 Å². The van der Waals surface area contributed by atoms with Crippen molar-refractivity contribution in [2.75, 3.05) is 0 Å². The highest BCUT2D eigenvalue weighted by Crippen LogP contribution is 2.59. The fourth-order valence-electron chi connectivity index (χ4n) is 12.4. The SMILES string of the molecule is CC(C)(C)c1cc(C(c2cc(C(C)(C)C)c(O)c(C(C)(C)C)c2)C(C(=O)OC(c2ccccc2)(c2ccccc2)c2ccccc2)(c2cc(C(C)(C)C)c(O)c(C(C)(C)C)c2)c2cc(C(C)(C)C)c(O)c(C(C)(C)C)c2)cc(C(C)(C)C)c1O. The molecule has 6 heteroatoms. The van der Waals surface area contributed by atoms with Gasteiger partial charge in [-0.05, 0) is 110 Å². The van der Waals surface area contributed by atoms with E-state index in [-0.39, 0.29) is 23.0 Å². The van der Waals surface area contributed by atoms with Crippen molar-refractivity contribution in [1.29, 1.82) is 0 Å². The molecule has 6 nitrogen and oxygen atoms in total. The first-order valence-corrected chi connectivity index (χ1v) is 30.2. The Morgan fingerprint density at radius 2 is 0.488 bits per heavy atom. The van der Waals surface area contributed by atoms with Crippen LogP contribution in [-0.4, -0.2) is 26.4 Å². The van der Waals surface area contributed by atoms with Crippen LogP contribution in [0.15, 0.2) is 140 Å². The molecule has 0 aliphatic carbocycles. The maximum Gasteiger partial charge on any atom is 0.323 e. The fraction of sp³-hybridized carbons (Fsp3) is 0.449. The molecule has 0 amide bonds. The summed E-state index contributed by atoms with van der Waals surface area (Å²) in [5.74, 6) is -1.02. The molecule has 0 atom stereocenters. The van der Waals surface area contributed by atoms with Crippen molar-refractivity contribution < 1.29 is 30.0 Å². The van der Waals surface area contributed by atoms with Gasteiger partial charge in [0.05, 0.1) is 0 Å². The highest BCUT2D eigenvalue weighted by atomic mass is 16.6. The lowest BCUT2D eigenvalue weighted by Gasteiger charge is -2.46. The molecule has 0 heterocycles. The quantitative estimate of drug-likeness (QED) is 0.0803. The van der Waals surface area contributed by atoms with E-state index < -0.39 is 66.2 Å². The molecule has 0 saturated heterocycles. The van der Waals surface area contributed by atoms with Crippen LogP contribution < -0.4 is 0 Å².